The number of nitrogens with zero attached hydrogens (tertiary/aromatic N) is 5. The molecule has 0 bridgehead atoms. The van der Waals surface area contributed by atoms with Crippen LogP contribution in [-0.4, -0.2) is 63.0 Å². The van der Waals surface area contributed by atoms with E-state index in [0.29, 0.717) is 31.1 Å². The Morgan fingerprint density at radius 1 is 0.929 bits per heavy atom. The van der Waals surface area contributed by atoms with Crippen molar-refractivity contribution in [3.63, 3.8) is 0 Å². The zero-order valence-electron chi connectivity index (χ0n) is 16.0. The molecule has 0 radical (unpaired) electrons. The van der Waals surface area contributed by atoms with Crippen LogP contribution in [0.4, 0.5) is 11.5 Å². The Kier molecular flexibility index (Phi) is 4.91. The average Bonchev–Trinajstić information content (AvgIpc) is 2.73. The van der Waals surface area contributed by atoms with E-state index >= 15 is 0 Å². The molecule has 1 fully saturated rings. The van der Waals surface area contributed by atoms with Crippen LogP contribution in [0.25, 0.3) is 10.9 Å². The fourth-order valence-corrected chi connectivity index (χ4v) is 4.89. The lowest BCUT2D eigenvalue weighted by Crippen LogP contribution is -2.49. The van der Waals surface area contributed by atoms with E-state index < -0.39 is 10.0 Å². The van der Waals surface area contributed by atoms with Crippen molar-refractivity contribution in [3.05, 3.63) is 54.9 Å². The first-order valence-corrected chi connectivity index (χ1v) is 10.6. The van der Waals surface area contributed by atoms with Crippen LogP contribution in [0.2, 0.25) is 0 Å². The molecule has 1 aliphatic heterocycles. The summed E-state index contributed by atoms with van der Waals surface area (Å²) in [6.07, 6.45) is 1.57. The lowest BCUT2D eigenvalue weighted by Gasteiger charge is -2.35. The Balaban J connectivity index is 1.58. The second-order valence-corrected chi connectivity index (χ2v) is 8.94. The second-order valence-electron chi connectivity index (χ2n) is 7.00. The number of sulfonamides is 1. The van der Waals surface area contributed by atoms with Crippen LogP contribution in [0.5, 0.6) is 0 Å². The molecule has 8 heteroatoms. The smallest absolute Gasteiger partial charge is 0.243 e. The Morgan fingerprint density at radius 3 is 2.32 bits per heavy atom. The maximum Gasteiger partial charge on any atom is 0.243 e. The Hall–Kier alpha value is -2.71. The number of rotatable bonds is 4. The first-order valence-electron chi connectivity index (χ1n) is 9.19. The van der Waals surface area contributed by atoms with E-state index in [1.165, 1.54) is 0 Å². The van der Waals surface area contributed by atoms with Gasteiger partial charge in [0.1, 0.15) is 12.1 Å². The van der Waals surface area contributed by atoms with Gasteiger partial charge in [-0.25, -0.2) is 18.4 Å². The number of hydrogen-bond donors (Lipinski definition) is 0. The van der Waals surface area contributed by atoms with Crippen molar-refractivity contribution in [1.29, 1.82) is 0 Å². The highest BCUT2D eigenvalue weighted by molar-refractivity contribution is 7.89. The van der Waals surface area contributed by atoms with Crippen LogP contribution in [0.3, 0.4) is 0 Å². The SMILES string of the molecule is CN(C)c1ccc2ncnc(N3CCN(S(=O)(=O)c4ccccc4)CC3)c2c1. The van der Waals surface area contributed by atoms with Crippen molar-refractivity contribution in [2.75, 3.05) is 50.1 Å². The van der Waals surface area contributed by atoms with E-state index in [1.807, 2.05) is 37.2 Å². The van der Waals surface area contributed by atoms with Crippen molar-refractivity contribution in [1.82, 2.24) is 14.3 Å². The van der Waals surface area contributed by atoms with Crippen molar-refractivity contribution in [2.24, 2.45) is 0 Å². The maximum atomic E-state index is 12.8. The van der Waals surface area contributed by atoms with Crippen LogP contribution >= 0.6 is 0 Å². The van der Waals surface area contributed by atoms with Crippen LogP contribution in [-0.2, 0) is 10.0 Å². The van der Waals surface area contributed by atoms with Gasteiger partial charge >= 0.3 is 0 Å². The molecular weight excluding hydrogens is 374 g/mol. The molecule has 1 aromatic heterocycles. The van der Waals surface area contributed by atoms with Gasteiger partial charge in [0.15, 0.2) is 0 Å². The Labute approximate surface area is 165 Å². The van der Waals surface area contributed by atoms with E-state index in [4.69, 9.17) is 0 Å². The molecule has 0 amide bonds. The molecule has 28 heavy (non-hydrogen) atoms. The van der Waals surface area contributed by atoms with Gasteiger partial charge in [0.25, 0.3) is 0 Å². The molecule has 2 aromatic carbocycles. The number of fused-ring (bicyclic) bond motifs is 1. The molecule has 0 unspecified atom stereocenters. The van der Waals surface area contributed by atoms with Gasteiger partial charge in [-0.15, -0.1) is 0 Å². The van der Waals surface area contributed by atoms with Crippen LogP contribution in [0.15, 0.2) is 59.8 Å². The average molecular weight is 398 g/mol. The third-order valence-corrected chi connectivity index (χ3v) is 6.95. The molecule has 1 saturated heterocycles. The monoisotopic (exact) mass is 397 g/mol. The standard InChI is InChI=1S/C20H23N5O2S/c1-23(2)16-8-9-19-18(14-16)20(22-15-21-19)24-10-12-25(13-11-24)28(26,27)17-6-4-3-5-7-17/h3-9,14-15H,10-13H2,1-2H3. The minimum absolute atomic E-state index is 0.339. The maximum absolute atomic E-state index is 12.8. The molecular formula is C20H23N5O2S. The van der Waals surface area contributed by atoms with E-state index in [9.17, 15) is 8.42 Å². The molecule has 146 valence electrons. The summed E-state index contributed by atoms with van der Waals surface area (Å²) < 4.78 is 27.2. The summed E-state index contributed by atoms with van der Waals surface area (Å²) in [5.74, 6) is 0.852. The molecule has 0 saturated carbocycles. The lowest BCUT2D eigenvalue weighted by atomic mass is 10.2. The molecule has 0 aliphatic carbocycles. The number of anilines is 2. The van der Waals surface area contributed by atoms with Gasteiger partial charge in [-0.3, -0.25) is 0 Å². The van der Waals surface area contributed by atoms with Crippen LogP contribution in [0, 0.1) is 0 Å². The third kappa shape index (κ3) is 3.41. The molecule has 2 heterocycles. The number of hydrogen-bond acceptors (Lipinski definition) is 6. The second kappa shape index (κ2) is 7.37. The van der Waals surface area contributed by atoms with Gasteiger partial charge in [0.05, 0.1) is 10.4 Å². The summed E-state index contributed by atoms with van der Waals surface area (Å²) in [5.41, 5.74) is 1.96. The van der Waals surface area contributed by atoms with E-state index in [2.05, 4.69) is 20.9 Å². The molecule has 0 spiro atoms. The summed E-state index contributed by atoms with van der Waals surface area (Å²) >= 11 is 0. The third-order valence-electron chi connectivity index (χ3n) is 5.03. The van der Waals surface area contributed by atoms with Crippen LogP contribution < -0.4 is 9.80 Å². The first kappa shape index (κ1) is 18.6. The number of aromatic nitrogens is 2. The molecule has 7 nitrogen and oxygen atoms in total. The predicted octanol–water partition coefficient (Wildman–Crippen LogP) is 2.21. The topological polar surface area (TPSA) is 69.6 Å². The van der Waals surface area contributed by atoms with Gasteiger partial charge in [-0.2, -0.15) is 4.31 Å². The van der Waals surface area contributed by atoms with Gasteiger partial charge in [-0.05, 0) is 30.3 Å². The fourth-order valence-electron chi connectivity index (χ4n) is 3.44. The van der Waals surface area contributed by atoms with Gasteiger partial charge in [-0.1, -0.05) is 18.2 Å². The Morgan fingerprint density at radius 2 is 1.64 bits per heavy atom. The highest BCUT2D eigenvalue weighted by atomic mass is 32.2. The molecule has 0 N–H and O–H groups in total. The predicted molar refractivity (Wildman–Crippen MR) is 111 cm³/mol. The Bertz CT molecular complexity index is 1080. The van der Waals surface area contributed by atoms with E-state index in [-0.39, 0.29) is 0 Å². The molecule has 0 atom stereocenters. The van der Waals surface area contributed by atoms with E-state index in [0.717, 1.165) is 22.4 Å². The highest BCUT2D eigenvalue weighted by Crippen LogP contribution is 2.28. The van der Waals surface area contributed by atoms with Gasteiger partial charge in [0, 0.05) is 51.3 Å². The largest absolute Gasteiger partial charge is 0.378 e. The zero-order valence-corrected chi connectivity index (χ0v) is 16.8. The molecule has 1 aliphatic rings. The summed E-state index contributed by atoms with van der Waals surface area (Å²) in [4.78, 5) is 13.4. The summed E-state index contributed by atoms with van der Waals surface area (Å²) in [5, 5.41) is 0.980. The van der Waals surface area contributed by atoms with Gasteiger partial charge < -0.3 is 9.80 Å². The zero-order chi connectivity index (χ0) is 19.7. The number of benzene rings is 2. The minimum Gasteiger partial charge on any atom is -0.378 e. The first-order chi connectivity index (χ1) is 13.5. The summed E-state index contributed by atoms with van der Waals surface area (Å²) in [6, 6.07) is 14.7. The lowest BCUT2D eigenvalue weighted by molar-refractivity contribution is 0.384. The summed E-state index contributed by atoms with van der Waals surface area (Å²) in [6.45, 7) is 2.03. The van der Waals surface area contributed by atoms with Crippen LogP contribution in [0.1, 0.15) is 0 Å². The fraction of sp³-hybridized carbons (Fsp3) is 0.300. The summed E-state index contributed by atoms with van der Waals surface area (Å²) in [7, 11) is 0.535. The number of piperazine rings is 1. The van der Waals surface area contributed by atoms with E-state index in [1.54, 1.807) is 34.9 Å². The molecule has 3 aromatic rings. The van der Waals surface area contributed by atoms with Crippen molar-refractivity contribution in [2.45, 2.75) is 4.90 Å². The molecule has 4 rings (SSSR count). The van der Waals surface area contributed by atoms with Crippen molar-refractivity contribution >= 4 is 32.4 Å². The highest BCUT2D eigenvalue weighted by Gasteiger charge is 2.29. The quantitative estimate of drug-likeness (QED) is 0.672. The van der Waals surface area contributed by atoms with Crippen molar-refractivity contribution in [3.8, 4) is 0 Å². The van der Waals surface area contributed by atoms with Gasteiger partial charge in [0.2, 0.25) is 10.0 Å². The minimum atomic E-state index is -3.46. The van der Waals surface area contributed by atoms with Crippen molar-refractivity contribution < 1.29 is 8.42 Å². The normalized spacial score (nSPS) is 15.7.